The van der Waals surface area contributed by atoms with Crippen LogP contribution in [0.1, 0.15) is 58.1 Å². The number of rotatable bonds is 12. The third-order valence-electron chi connectivity index (χ3n) is 5.47. The van der Waals surface area contributed by atoms with Crippen molar-refractivity contribution in [2.24, 2.45) is 5.92 Å². The summed E-state index contributed by atoms with van der Waals surface area (Å²) in [5, 5.41) is 2.98. The lowest BCUT2D eigenvalue weighted by Crippen LogP contribution is -2.50. The van der Waals surface area contributed by atoms with Crippen molar-refractivity contribution in [2.45, 2.75) is 59.5 Å². The molecule has 0 spiro atoms. The second kappa shape index (κ2) is 12.9. The number of ether oxygens (including phenoxy) is 2. The van der Waals surface area contributed by atoms with E-state index in [-0.39, 0.29) is 24.3 Å². The number of hydrogen-bond acceptors (Lipinski definition) is 4. The van der Waals surface area contributed by atoms with E-state index in [0.29, 0.717) is 31.2 Å². The van der Waals surface area contributed by atoms with Crippen LogP contribution < -0.4 is 14.8 Å². The molecule has 33 heavy (non-hydrogen) atoms. The van der Waals surface area contributed by atoms with Crippen molar-refractivity contribution in [3.8, 4) is 11.5 Å². The van der Waals surface area contributed by atoms with Gasteiger partial charge in [-0.15, -0.1) is 0 Å². The Labute approximate surface area is 198 Å². The first kappa shape index (κ1) is 26.2. The van der Waals surface area contributed by atoms with Crippen molar-refractivity contribution in [2.75, 3.05) is 20.3 Å². The van der Waals surface area contributed by atoms with Crippen LogP contribution >= 0.6 is 0 Å². The van der Waals surface area contributed by atoms with E-state index in [0.717, 1.165) is 16.9 Å². The largest absolute Gasteiger partial charge is 0.497 e. The lowest BCUT2D eigenvalue weighted by molar-refractivity contribution is -0.143. The SMILES string of the molecule is CC[C@@H](C(=O)NCC(C)C)N(Cc1ccc(OC)cc1)C(=O)COc1ccccc1C(C)C. The number of para-hydroxylation sites is 1. The summed E-state index contributed by atoms with van der Waals surface area (Å²) in [5.74, 6) is 1.67. The zero-order chi connectivity index (χ0) is 24.4. The third-order valence-corrected chi connectivity index (χ3v) is 5.47. The summed E-state index contributed by atoms with van der Waals surface area (Å²) in [4.78, 5) is 28.0. The van der Waals surface area contributed by atoms with Gasteiger partial charge in [0.1, 0.15) is 17.5 Å². The number of amides is 2. The Balaban J connectivity index is 2.24. The number of methoxy groups -OCH3 is 1. The molecule has 0 radical (unpaired) electrons. The fourth-order valence-corrected chi connectivity index (χ4v) is 3.58. The predicted octanol–water partition coefficient (Wildman–Crippen LogP) is 4.78. The molecule has 1 atom stereocenters. The van der Waals surface area contributed by atoms with Crippen molar-refractivity contribution < 1.29 is 19.1 Å². The molecule has 6 heteroatoms. The molecule has 2 amide bonds. The van der Waals surface area contributed by atoms with Crippen LogP contribution in [0.25, 0.3) is 0 Å². The summed E-state index contributed by atoms with van der Waals surface area (Å²) in [6.45, 7) is 10.9. The number of carbonyl (C=O) groups excluding carboxylic acids is 2. The van der Waals surface area contributed by atoms with Gasteiger partial charge in [-0.3, -0.25) is 9.59 Å². The van der Waals surface area contributed by atoms with Crippen LogP contribution in [-0.4, -0.2) is 43.0 Å². The Morgan fingerprint density at radius 1 is 1.00 bits per heavy atom. The minimum atomic E-state index is -0.581. The molecule has 0 saturated heterocycles. The van der Waals surface area contributed by atoms with Crippen molar-refractivity contribution in [3.63, 3.8) is 0 Å². The normalized spacial score (nSPS) is 11.9. The van der Waals surface area contributed by atoms with Gasteiger partial charge in [-0.2, -0.15) is 0 Å². The molecule has 1 N–H and O–H groups in total. The smallest absolute Gasteiger partial charge is 0.261 e. The van der Waals surface area contributed by atoms with Crippen molar-refractivity contribution in [1.82, 2.24) is 10.2 Å². The number of nitrogens with one attached hydrogen (secondary N) is 1. The van der Waals surface area contributed by atoms with Gasteiger partial charge in [-0.1, -0.05) is 65.0 Å². The molecule has 0 aliphatic carbocycles. The van der Waals surface area contributed by atoms with Crippen LogP contribution in [0.5, 0.6) is 11.5 Å². The molecule has 6 nitrogen and oxygen atoms in total. The van der Waals surface area contributed by atoms with Crippen molar-refractivity contribution in [1.29, 1.82) is 0 Å². The van der Waals surface area contributed by atoms with Gasteiger partial charge in [0.2, 0.25) is 5.91 Å². The fraction of sp³-hybridized carbons (Fsp3) is 0.481. The Bertz CT molecular complexity index is 893. The van der Waals surface area contributed by atoms with Crippen molar-refractivity contribution >= 4 is 11.8 Å². The van der Waals surface area contributed by atoms with Crippen LogP contribution in [0.15, 0.2) is 48.5 Å². The van der Waals surface area contributed by atoms with E-state index in [1.165, 1.54) is 0 Å². The highest BCUT2D eigenvalue weighted by molar-refractivity contribution is 5.88. The molecule has 0 aliphatic heterocycles. The molecular weight excluding hydrogens is 416 g/mol. The maximum absolute atomic E-state index is 13.4. The Morgan fingerprint density at radius 2 is 1.67 bits per heavy atom. The van der Waals surface area contributed by atoms with Gasteiger partial charge in [-0.05, 0) is 47.6 Å². The zero-order valence-corrected chi connectivity index (χ0v) is 20.8. The summed E-state index contributed by atoms with van der Waals surface area (Å²) in [6, 6.07) is 14.7. The van der Waals surface area contributed by atoms with Gasteiger partial charge in [-0.25, -0.2) is 0 Å². The van der Waals surface area contributed by atoms with Gasteiger partial charge in [0.15, 0.2) is 6.61 Å². The van der Waals surface area contributed by atoms with Crippen LogP contribution in [0.2, 0.25) is 0 Å². The summed E-state index contributed by atoms with van der Waals surface area (Å²) in [6.07, 6.45) is 0.508. The van der Waals surface area contributed by atoms with E-state index in [4.69, 9.17) is 9.47 Å². The van der Waals surface area contributed by atoms with Gasteiger partial charge >= 0.3 is 0 Å². The van der Waals surface area contributed by atoms with E-state index in [1.54, 1.807) is 12.0 Å². The Morgan fingerprint density at radius 3 is 2.24 bits per heavy atom. The molecule has 0 heterocycles. The lowest BCUT2D eigenvalue weighted by Gasteiger charge is -2.31. The molecule has 180 valence electrons. The summed E-state index contributed by atoms with van der Waals surface area (Å²) in [5.41, 5.74) is 1.97. The maximum Gasteiger partial charge on any atom is 0.261 e. The third kappa shape index (κ3) is 7.81. The van der Waals surface area contributed by atoms with Gasteiger partial charge < -0.3 is 19.7 Å². The second-order valence-electron chi connectivity index (χ2n) is 8.91. The molecule has 2 aromatic rings. The van der Waals surface area contributed by atoms with Gasteiger partial charge in [0, 0.05) is 13.1 Å². The quantitative estimate of drug-likeness (QED) is 0.501. The number of benzene rings is 2. The molecule has 0 fully saturated rings. The number of nitrogens with zero attached hydrogens (tertiary/aromatic N) is 1. The van der Waals surface area contributed by atoms with Crippen molar-refractivity contribution in [3.05, 3.63) is 59.7 Å². The first-order valence-corrected chi connectivity index (χ1v) is 11.7. The number of carbonyl (C=O) groups is 2. The first-order valence-electron chi connectivity index (χ1n) is 11.7. The van der Waals surface area contributed by atoms with E-state index in [2.05, 4.69) is 19.2 Å². The molecule has 0 aliphatic rings. The highest BCUT2D eigenvalue weighted by Gasteiger charge is 2.29. The maximum atomic E-state index is 13.4. The minimum Gasteiger partial charge on any atom is -0.497 e. The van der Waals surface area contributed by atoms with E-state index < -0.39 is 6.04 Å². The molecule has 0 saturated carbocycles. The standard InChI is InChI=1S/C27H38N2O4/c1-7-24(27(31)28-16-19(2)3)29(17-21-12-14-22(32-6)15-13-21)26(30)18-33-25-11-9-8-10-23(25)20(4)5/h8-15,19-20,24H,7,16-18H2,1-6H3,(H,28,31)/t24-/m0/s1. The molecule has 0 unspecified atom stereocenters. The van der Waals surface area contributed by atoms with Gasteiger partial charge in [0.25, 0.3) is 5.91 Å². The molecule has 2 aromatic carbocycles. The Kier molecular flexibility index (Phi) is 10.2. The predicted molar refractivity (Wildman–Crippen MR) is 131 cm³/mol. The van der Waals surface area contributed by atoms with E-state index >= 15 is 0 Å². The average molecular weight is 455 g/mol. The molecular formula is C27H38N2O4. The molecule has 2 rings (SSSR count). The average Bonchev–Trinajstić information content (AvgIpc) is 2.81. The lowest BCUT2D eigenvalue weighted by atomic mass is 10.0. The van der Waals surface area contributed by atoms with Crippen LogP contribution in [-0.2, 0) is 16.1 Å². The number of hydrogen-bond donors (Lipinski definition) is 1. The van der Waals surface area contributed by atoms with Crippen LogP contribution in [0, 0.1) is 5.92 Å². The highest BCUT2D eigenvalue weighted by atomic mass is 16.5. The first-order chi connectivity index (χ1) is 15.8. The summed E-state index contributed by atoms with van der Waals surface area (Å²) < 4.78 is 11.2. The topological polar surface area (TPSA) is 67.9 Å². The molecule has 0 aromatic heterocycles. The highest BCUT2D eigenvalue weighted by Crippen LogP contribution is 2.26. The fourth-order valence-electron chi connectivity index (χ4n) is 3.58. The molecule has 0 bridgehead atoms. The monoisotopic (exact) mass is 454 g/mol. The summed E-state index contributed by atoms with van der Waals surface area (Å²) >= 11 is 0. The minimum absolute atomic E-state index is 0.131. The van der Waals surface area contributed by atoms with E-state index in [9.17, 15) is 9.59 Å². The zero-order valence-electron chi connectivity index (χ0n) is 20.8. The Hall–Kier alpha value is -3.02. The van der Waals surface area contributed by atoms with Gasteiger partial charge in [0.05, 0.1) is 7.11 Å². The van der Waals surface area contributed by atoms with Crippen LogP contribution in [0.3, 0.4) is 0 Å². The summed E-state index contributed by atoms with van der Waals surface area (Å²) in [7, 11) is 1.61. The van der Waals surface area contributed by atoms with Crippen LogP contribution in [0.4, 0.5) is 0 Å². The van der Waals surface area contributed by atoms with E-state index in [1.807, 2.05) is 69.3 Å². The second-order valence-corrected chi connectivity index (χ2v) is 8.91.